The minimum absolute atomic E-state index is 0.566. The Bertz CT molecular complexity index is 2790. The van der Waals surface area contributed by atoms with Gasteiger partial charge in [0.1, 0.15) is 0 Å². The zero-order valence-electron chi connectivity index (χ0n) is 25.7. The van der Waals surface area contributed by atoms with E-state index in [9.17, 15) is 0 Å². The molecule has 0 unspecified atom stereocenters. The number of aromatic nitrogens is 6. The molecule has 48 heavy (non-hydrogen) atoms. The van der Waals surface area contributed by atoms with Crippen molar-refractivity contribution in [3.05, 3.63) is 158 Å². The highest BCUT2D eigenvalue weighted by Gasteiger charge is 2.19. The molecule has 4 aromatic heterocycles. The summed E-state index contributed by atoms with van der Waals surface area (Å²) in [7, 11) is 0. The summed E-state index contributed by atoms with van der Waals surface area (Å²) in [6.45, 7) is 0. The lowest BCUT2D eigenvalue weighted by atomic mass is 10.1. The van der Waals surface area contributed by atoms with Gasteiger partial charge in [0.25, 0.3) is 0 Å². The number of fused-ring (bicyclic) bond motifs is 7. The zero-order valence-corrected chi connectivity index (χ0v) is 25.7. The number of hydrogen-bond donors (Lipinski definition) is 0. The van der Waals surface area contributed by atoms with Crippen LogP contribution in [0, 0.1) is 0 Å². The van der Waals surface area contributed by atoms with Gasteiger partial charge in [0, 0.05) is 49.9 Å². The molecule has 0 saturated heterocycles. The summed E-state index contributed by atoms with van der Waals surface area (Å²) in [4.78, 5) is 19.8. The van der Waals surface area contributed by atoms with Crippen molar-refractivity contribution in [1.82, 2.24) is 29.1 Å². The average Bonchev–Trinajstić information content (AvgIpc) is 3.67. The van der Waals surface area contributed by atoms with Crippen molar-refractivity contribution in [2.24, 2.45) is 0 Å². The molecule has 0 aliphatic rings. The zero-order chi connectivity index (χ0) is 31.6. The van der Waals surface area contributed by atoms with Crippen molar-refractivity contribution in [3.8, 4) is 34.4 Å². The maximum absolute atomic E-state index is 5.14. The highest BCUT2D eigenvalue weighted by atomic mass is 15.2. The number of hydrogen-bond acceptors (Lipinski definition) is 4. The molecule has 6 heteroatoms. The second-order valence-corrected chi connectivity index (χ2v) is 12.0. The highest BCUT2D eigenvalue weighted by Crippen LogP contribution is 2.37. The van der Waals surface area contributed by atoms with Gasteiger partial charge in [-0.1, -0.05) is 103 Å². The van der Waals surface area contributed by atoms with E-state index in [1.807, 2.05) is 48.7 Å². The van der Waals surface area contributed by atoms with Gasteiger partial charge in [0.2, 0.25) is 5.95 Å². The van der Waals surface area contributed by atoms with Crippen molar-refractivity contribution in [2.45, 2.75) is 0 Å². The first-order valence-electron chi connectivity index (χ1n) is 16.0. The lowest BCUT2D eigenvalue weighted by molar-refractivity contribution is 0.953. The van der Waals surface area contributed by atoms with Crippen LogP contribution in [0.25, 0.3) is 88.9 Å². The highest BCUT2D eigenvalue weighted by molar-refractivity contribution is 6.12. The molecule has 0 fully saturated rings. The Labute approximate surface area is 275 Å². The summed E-state index contributed by atoms with van der Waals surface area (Å²) in [6.07, 6.45) is 1.81. The summed E-state index contributed by atoms with van der Waals surface area (Å²) in [5.74, 6) is 1.78. The molecule has 0 amide bonds. The first-order chi connectivity index (χ1) is 23.8. The molecule has 10 aromatic rings. The minimum Gasteiger partial charge on any atom is -0.309 e. The normalized spacial score (nSPS) is 11.8. The van der Waals surface area contributed by atoms with E-state index >= 15 is 0 Å². The number of rotatable bonds is 4. The Balaban J connectivity index is 1.23. The molecule has 10 rings (SSSR count). The molecule has 0 saturated carbocycles. The summed E-state index contributed by atoms with van der Waals surface area (Å²) < 4.78 is 4.52. The van der Waals surface area contributed by atoms with Crippen LogP contribution in [0.4, 0.5) is 0 Å². The van der Waals surface area contributed by atoms with E-state index in [2.05, 4.69) is 123 Å². The molecular formula is C42H26N6. The van der Waals surface area contributed by atoms with E-state index in [1.165, 1.54) is 21.8 Å². The van der Waals surface area contributed by atoms with E-state index in [0.717, 1.165) is 49.5 Å². The summed E-state index contributed by atoms with van der Waals surface area (Å²) in [5.41, 5.74) is 8.23. The van der Waals surface area contributed by atoms with E-state index in [-0.39, 0.29) is 0 Å². The predicted molar refractivity (Wildman–Crippen MR) is 195 cm³/mol. The fourth-order valence-electron chi connectivity index (χ4n) is 7.03. The largest absolute Gasteiger partial charge is 0.309 e. The van der Waals surface area contributed by atoms with Crippen molar-refractivity contribution < 1.29 is 0 Å². The molecule has 6 nitrogen and oxygen atoms in total. The molecule has 0 bridgehead atoms. The van der Waals surface area contributed by atoms with Gasteiger partial charge in [0.05, 0.1) is 27.6 Å². The van der Waals surface area contributed by atoms with Crippen LogP contribution in [0.15, 0.2) is 158 Å². The fraction of sp³-hybridized carbons (Fsp3) is 0. The van der Waals surface area contributed by atoms with Crippen molar-refractivity contribution >= 4 is 54.5 Å². The maximum Gasteiger partial charge on any atom is 0.238 e. The maximum atomic E-state index is 5.14. The summed E-state index contributed by atoms with van der Waals surface area (Å²) in [5, 5.41) is 5.81. The SMILES string of the molecule is c1ccc(-c2nc(-c3ccc4cccnc4c3)nc(-n3c4ccccc4c4cc(-n5c6ccccc6c6ccccc65)ccc43)n2)cc1. The Morgan fingerprint density at radius 3 is 1.73 bits per heavy atom. The van der Waals surface area contributed by atoms with Crippen molar-refractivity contribution in [2.75, 3.05) is 0 Å². The van der Waals surface area contributed by atoms with E-state index in [1.54, 1.807) is 0 Å². The molecular weight excluding hydrogens is 589 g/mol. The topological polar surface area (TPSA) is 61.4 Å². The van der Waals surface area contributed by atoms with Gasteiger partial charge in [-0.25, -0.2) is 4.98 Å². The standard InChI is InChI=1S/C42H26N6/c1-2-11-28(12-3-1)40-44-41(29-21-20-27-13-10-24-43-35(27)25-29)46-42(45-40)48-38-19-9-6-16-33(38)34-26-30(22-23-39(34)48)47-36-17-7-4-14-31(36)32-15-5-8-18-37(32)47/h1-26H. The first-order valence-corrected chi connectivity index (χ1v) is 16.0. The third-order valence-corrected chi connectivity index (χ3v) is 9.21. The van der Waals surface area contributed by atoms with Gasteiger partial charge in [-0.2, -0.15) is 9.97 Å². The van der Waals surface area contributed by atoms with Gasteiger partial charge in [-0.05, 0) is 48.5 Å². The third-order valence-electron chi connectivity index (χ3n) is 9.21. The molecule has 224 valence electrons. The van der Waals surface area contributed by atoms with Crippen molar-refractivity contribution in [3.63, 3.8) is 0 Å². The third kappa shape index (κ3) is 4.06. The number of nitrogens with zero attached hydrogens (tertiary/aromatic N) is 6. The van der Waals surface area contributed by atoms with Gasteiger partial charge in [0.15, 0.2) is 11.6 Å². The van der Waals surface area contributed by atoms with Crippen LogP contribution in [0.1, 0.15) is 0 Å². The summed E-state index contributed by atoms with van der Waals surface area (Å²) >= 11 is 0. The van der Waals surface area contributed by atoms with Crippen LogP contribution in [-0.2, 0) is 0 Å². The summed E-state index contributed by atoms with van der Waals surface area (Å²) in [6, 6.07) is 52.7. The monoisotopic (exact) mass is 614 g/mol. The quantitative estimate of drug-likeness (QED) is 0.198. The fourth-order valence-corrected chi connectivity index (χ4v) is 7.03. The smallest absolute Gasteiger partial charge is 0.238 e. The van der Waals surface area contributed by atoms with Crippen LogP contribution in [-0.4, -0.2) is 29.1 Å². The molecule has 0 N–H and O–H groups in total. The first kappa shape index (κ1) is 26.5. The molecule has 0 spiro atoms. The number of para-hydroxylation sites is 3. The van der Waals surface area contributed by atoms with Crippen LogP contribution < -0.4 is 0 Å². The molecule has 0 radical (unpaired) electrons. The lowest BCUT2D eigenvalue weighted by Crippen LogP contribution is -2.06. The number of benzene rings is 6. The Morgan fingerprint density at radius 2 is 1.00 bits per heavy atom. The predicted octanol–water partition coefficient (Wildman–Crippen LogP) is 9.95. The molecule has 0 aliphatic heterocycles. The lowest BCUT2D eigenvalue weighted by Gasteiger charge is -2.12. The second-order valence-electron chi connectivity index (χ2n) is 12.0. The van der Waals surface area contributed by atoms with Crippen LogP contribution in [0.5, 0.6) is 0 Å². The van der Waals surface area contributed by atoms with E-state index in [4.69, 9.17) is 15.0 Å². The van der Waals surface area contributed by atoms with Crippen molar-refractivity contribution in [1.29, 1.82) is 0 Å². The van der Waals surface area contributed by atoms with Crippen LogP contribution in [0.3, 0.4) is 0 Å². The van der Waals surface area contributed by atoms with Gasteiger partial charge in [-0.3, -0.25) is 9.55 Å². The van der Waals surface area contributed by atoms with Crippen LogP contribution in [0.2, 0.25) is 0 Å². The molecule has 0 atom stereocenters. The minimum atomic E-state index is 0.566. The van der Waals surface area contributed by atoms with E-state index in [0.29, 0.717) is 17.6 Å². The molecule has 0 aliphatic carbocycles. The van der Waals surface area contributed by atoms with E-state index < -0.39 is 0 Å². The average molecular weight is 615 g/mol. The second kappa shape index (κ2) is 10.4. The Kier molecular flexibility index (Phi) is 5.77. The Hall–Kier alpha value is -6.66. The molecule has 6 aromatic carbocycles. The Morgan fingerprint density at radius 1 is 0.396 bits per heavy atom. The van der Waals surface area contributed by atoms with Crippen LogP contribution >= 0.6 is 0 Å². The van der Waals surface area contributed by atoms with Gasteiger partial charge < -0.3 is 4.57 Å². The molecule has 4 heterocycles. The van der Waals surface area contributed by atoms with Gasteiger partial charge in [-0.15, -0.1) is 0 Å². The van der Waals surface area contributed by atoms with Gasteiger partial charge >= 0.3 is 0 Å². The number of pyridine rings is 1.